The molecule has 1 nitrogen and oxygen atoms in total. The Hall–Kier alpha value is -0.0400. The van der Waals surface area contributed by atoms with Gasteiger partial charge in [-0.1, -0.05) is 51.9 Å². The van der Waals surface area contributed by atoms with Crippen molar-refractivity contribution in [1.82, 2.24) is 5.32 Å². The minimum atomic E-state index is 0.968. The van der Waals surface area contributed by atoms with Gasteiger partial charge in [-0.2, -0.15) is 0 Å². The maximum Gasteiger partial charge on any atom is -0.00489 e. The number of rotatable bonds is 0. The van der Waals surface area contributed by atoms with Gasteiger partial charge >= 0.3 is 0 Å². The zero-order valence-electron chi connectivity index (χ0n) is 9.86. The lowest BCUT2D eigenvalue weighted by Gasteiger charge is -2.10. The van der Waals surface area contributed by atoms with E-state index in [-0.39, 0.29) is 0 Å². The summed E-state index contributed by atoms with van der Waals surface area (Å²) in [6, 6.07) is 0. The van der Waals surface area contributed by atoms with Crippen molar-refractivity contribution in [2.45, 2.75) is 64.7 Å². The van der Waals surface area contributed by atoms with Gasteiger partial charge in [0.05, 0.1) is 0 Å². The molecule has 1 rings (SSSR count). The second-order valence-electron chi connectivity index (χ2n) is 4.91. The Morgan fingerprint density at radius 1 is 0.714 bits per heavy atom. The summed E-state index contributed by atoms with van der Waals surface area (Å²) in [4.78, 5) is 0. The molecule has 1 unspecified atom stereocenters. The van der Waals surface area contributed by atoms with Crippen molar-refractivity contribution in [1.29, 1.82) is 0 Å². The van der Waals surface area contributed by atoms with Crippen molar-refractivity contribution in [3.8, 4) is 0 Å². The average molecular weight is 197 g/mol. The van der Waals surface area contributed by atoms with Crippen LogP contribution in [0.25, 0.3) is 0 Å². The zero-order valence-corrected chi connectivity index (χ0v) is 9.86. The smallest absolute Gasteiger partial charge is 0.00489 e. The van der Waals surface area contributed by atoms with Gasteiger partial charge < -0.3 is 5.32 Å². The summed E-state index contributed by atoms with van der Waals surface area (Å²) in [6.07, 6.45) is 12.9. The monoisotopic (exact) mass is 197 g/mol. The molecule has 1 aliphatic heterocycles. The third kappa shape index (κ3) is 6.42. The van der Waals surface area contributed by atoms with E-state index in [0.29, 0.717) is 0 Å². The third-order valence-electron chi connectivity index (χ3n) is 3.35. The van der Waals surface area contributed by atoms with Crippen LogP contribution in [0.3, 0.4) is 0 Å². The zero-order chi connectivity index (χ0) is 10.1. The molecular weight excluding hydrogens is 170 g/mol. The molecule has 0 aromatic heterocycles. The Kier molecular flexibility index (Phi) is 7.12. The first-order valence-corrected chi connectivity index (χ1v) is 6.60. The van der Waals surface area contributed by atoms with E-state index in [2.05, 4.69) is 12.2 Å². The summed E-state index contributed by atoms with van der Waals surface area (Å²) in [5.74, 6) is 0.968. The van der Waals surface area contributed by atoms with Crippen LogP contribution in [0.4, 0.5) is 0 Å². The highest BCUT2D eigenvalue weighted by molar-refractivity contribution is 4.58. The van der Waals surface area contributed by atoms with Crippen LogP contribution in [0.1, 0.15) is 64.7 Å². The van der Waals surface area contributed by atoms with Crippen molar-refractivity contribution < 1.29 is 0 Å². The largest absolute Gasteiger partial charge is 0.317 e. The van der Waals surface area contributed by atoms with Crippen LogP contribution in [0.2, 0.25) is 0 Å². The van der Waals surface area contributed by atoms with Crippen molar-refractivity contribution in [2.75, 3.05) is 13.1 Å². The van der Waals surface area contributed by atoms with Gasteiger partial charge in [-0.25, -0.2) is 0 Å². The molecule has 0 bridgehead atoms. The van der Waals surface area contributed by atoms with Crippen LogP contribution in [0.15, 0.2) is 0 Å². The van der Waals surface area contributed by atoms with Crippen molar-refractivity contribution in [3.63, 3.8) is 0 Å². The minimum absolute atomic E-state index is 0.968. The van der Waals surface area contributed by atoms with E-state index in [4.69, 9.17) is 0 Å². The summed E-state index contributed by atoms with van der Waals surface area (Å²) < 4.78 is 0. The summed E-state index contributed by atoms with van der Waals surface area (Å²) in [7, 11) is 0. The first-order valence-electron chi connectivity index (χ1n) is 6.60. The van der Waals surface area contributed by atoms with Gasteiger partial charge in [0.2, 0.25) is 0 Å². The highest BCUT2D eigenvalue weighted by Crippen LogP contribution is 2.16. The van der Waals surface area contributed by atoms with E-state index in [0.717, 1.165) is 5.92 Å². The normalized spacial score (nSPS) is 28.5. The number of hydrogen-bond acceptors (Lipinski definition) is 1. The molecule has 0 spiro atoms. The van der Waals surface area contributed by atoms with Gasteiger partial charge in [-0.3, -0.25) is 0 Å². The van der Waals surface area contributed by atoms with Crippen LogP contribution in [0, 0.1) is 5.92 Å². The van der Waals surface area contributed by atoms with E-state index in [1.165, 1.54) is 70.9 Å². The van der Waals surface area contributed by atoms with Crippen LogP contribution in [-0.4, -0.2) is 13.1 Å². The fourth-order valence-electron chi connectivity index (χ4n) is 2.29. The second-order valence-corrected chi connectivity index (χ2v) is 4.91. The molecule has 0 aliphatic carbocycles. The van der Waals surface area contributed by atoms with Crippen LogP contribution in [0.5, 0.6) is 0 Å². The maximum absolute atomic E-state index is 3.54. The van der Waals surface area contributed by atoms with Crippen molar-refractivity contribution >= 4 is 0 Å². The Morgan fingerprint density at radius 3 is 2.00 bits per heavy atom. The summed E-state index contributed by atoms with van der Waals surface area (Å²) in [5.41, 5.74) is 0. The molecule has 1 atom stereocenters. The molecule has 1 fully saturated rings. The Morgan fingerprint density at radius 2 is 1.21 bits per heavy atom. The maximum atomic E-state index is 3.54. The second kappa shape index (κ2) is 8.28. The minimum Gasteiger partial charge on any atom is -0.317 e. The van der Waals surface area contributed by atoms with E-state index < -0.39 is 0 Å². The number of hydrogen-bond donors (Lipinski definition) is 1. The molecule has 0 amide bonds. The Balaban J connectivity index is 2.12. The van der Waals surface area contributed by atoms with Crippen LogP contribution >= 0.6 is 0 Å². The van der Waals surface area contributed by atoms with Crippen LogP contribution < -0.4 is 5.32 Å². The van der Waals surface area contributed by atoms with E-state index in [1.807, 2.05) is 0 Å². The Labute approximate surface area is 89.7 Å². The number of nitrogens with one attached hydrogen (secondary N) is 1. The lowest BCUT2D eigenvalue weighted by Crippen LogP contribution is -2.16. The van der Waals surface area contributed by atoms with E-state index >= 15 is 0 Å². The molecule has 14 heavy (non-hydrogen) atoms. The summed E-state index contributed by atoms with van der Waals surface area (Å²) in [6.45, 7) is 4.91. The van der Waals surface area contributed by atoms with Gasteiger partial charge in [-0.05, 0) is 31.8 Å². The van der Waals surface area contributed by atoms with Gasteiger partial charge in [0.15, 0.2) is 0 Å². The quantitative estimate of drug-likeness (QED) is 0.624. The predicted molar refractivity (Wildman–Crippen MR) is 63.6 cm³/mol. The highest BCUT2D eigenvalue weighted by atomic mass is 14.8. The molecule has 1 aliphatic rings. The fourth-order valence-corrected chi connectivity index (χ4v) is 2.29. The topological polar surface area (TPSA) is 12.0 Å². The van der Waals surface area contributed by atoms with Gasteiger partial charge in [0.25, 0.3) is 0 Å². The molecule has 1 N–H and O–H groups in total. The van der Waals surface area contributed by atoms with Gasteiger partial charge in [-0.15, -0.1) is 0 Å². The molecule has 84 valence electrons. The molecule has 0 aromatic rings. The van der Waals surface area contributed by atoms with Crippen molar-refractivity contribution in [3.05, 3.63) is 0 Å². The lowest BCUT2D eigenvalue weighted by atomic mass is 9.97. The molecule has 0 aromatic carbocycles. The lowest BCUT2D eigenvalue weighted by molar-refractivity contribution is 0.441. The fraction of sp³-hybridized carbons (Fsp3) is 1.00. The Bertz CT molecular complexity index is 108. The first kappa shape index (κ1) is 12.0. The molecule has 0 saturated carbocycles. The standard InChI is InChI=1S/C13H27N/c1-13-9-5-3-2-4-7-11-14-12-8-6-10-13/h13-14H,2-12H2,1H3. The first-order chi connectivity index (χ1) is 6.89. The summed E-state index contributed by atoms with van der Waals surface area (Å²) >= 11 is 0. The highest BCUT2D eigenvalue weighted by Gasteiger charge is 2.02. The van der Waals surface area contributed by atoms with Crippen LogP contribution in [-0.2, 0) is 0 Å². The SMILES string of the molecule is CC1CCCCCCCNCCCC1. The molecule has 1 heteroatoms. The average Bonchev–Trinajstić information content (AvgIpc) is 2.20. The molecular formula is C13H27N. The third-order valence-corrected chi connectivity index (χ3v) is 3.35. The summed E-state index contributed by atoms with van der Waals surface area (Å²) in [5, 5.41) is 3.54. The van der Waals surface area contributed by atoms with Gasteiger partial charge in [0, 0.05) is 0 Å². The molecule has 1 heterocycles. The van der Waals surface area contributed by atoms with Crippen molar-refractivity contribution in [2.24, 2.45) is 5.92 Å². The molecule has 1 saturated heterocycles. The van der Waals surface area contributed by atoms with E-state index in [9.17, 15) is 0 Å². The van der Waals surface area contributed by atoms with E-state index in [1.54, 1.807) is 0 Å². The van der Waals surface area contributed by atoms with Gasteiger partial charge in [0.1, 0.15) is 0 Å². The molecule has 0 radical (unpaired) electrons. The predicted octanol–water partition coefficient (Wildman–Crippen LogP) is 3.74.